The number of aromatic nitrogens is 1. The maximum Gasteiger partial charge on any atom is 0.338 e. The number of fused-ring (bicyclic) bond motifs is 1. The highest BCUT2D eigenvalue weighted by molar-refractivity contribution is 6.06. The summed E-state index contributed by atoms with van der Waals surface area (Å²) in [4.78, 5) is 17.5. The molecule has 0 aliphatic heterocycles. The third-order valence-electron chi connectivity index (χ3n) is 3.90. The molecule has 124 valence electrons. The molecule has 0 saturated heterocycles. The molecule has 0 radical (unpaired) electrons. The van der Waals surface area contributed by atoms with Gasteiger partial charge >= 0.3 is 5.97 Å². The van der Waals surface area contributed by atoms with Gasteiger partial charge in [0.1, 0.15) is 0 Å². The number of benzene rings is 2. The van der Waals surface area contributed by atoms with Gasteiger partial charge in [0.2, 0.25) is 0 Å². The van der Waals surface area contributed by atoms with Crippen molar-refractivity contribution in [1.29, 1.82) is 0 Å². The Bertz CT molecular complexity index is 897. The van der Waals surface area contributed by atoms with E-state index in [0.29, 0.717) is 11.3 Å². The van der Waals surface area contributed by atoms with Crippen LogP contribution >= 0.6 is 0 Å². The lowest BCUT2D eigenvalue weighted by Crippen LogP contribution is -2.10. The number of nitrogens with two attached hydrogens (primary N) is 1. The molecule has 3 rings (SSSR count). The molecule has 0 fully saturated rings. The van der Waals surface area contributed by atoms with Crippen LogP contribution in [0.3, 0.4) is 0 Å². The van der Waals surface area contributed by atoms with Crippen LogP contribution in [-0.2, 0) is 11.3 Å². The van der Waals surface area contributed by atoms with Gasteiger partial charge in [-0.05, 0) is 49.5 Å². The fourth-order valence-corrected chi connectivity index (χ4v) is 2.90. The number of nitrogens with one attached hydrogen (secondary N) is 1. The summed E-state index contributed by atoms with van der Waals surface area (Å²) in [6.07, 6.45) is 0. The van der Waals surface area contributed by atoms with Crippen LogP contribution < -0.4 is 5.73 Å². The van der Waals surface area contributed by atoms with Gasteiger partial charge in [-0.1, -0.05) is 18.2 Å². The van der Waals surface area contributed by atoms with Crippen molar-refractivity contribution in [2.45, 2.75) is 6.54 Å². The number of rotatable bonds is 4. The standard InChI is InChI=1S/C19H21N3O2/c1-22(2)11-12-5-4-6-13(7-12)17-10-15-16(19(23)24-3)8-14(20)9-18(15)21-17/h4-10,21H,11,20H2,1-3H3. The molecule has 1 aromatic heterocycles. The first-order valence-electron chi connectivity index (χ1n) is 7.72. The Labute approximate surface area is 141 Å². The van der Waals surface area contributed by atoms with E-state index in [1.54, 1.807) is 6.07 Å². The Kier molecular flexibility index (Phi) is 4.27. The van der Waals surface area contributed by atoms with Gasteiger partial charge in [-0.3, -0.25) is 0 Å². The molecular weight excluding hydrogens is 302 g/mol. The molecule has 0 atom stereocenters. The summed E-state index contributed by atoms with van der Waals surface area (Å²) < 4.78 is 4.86. The molecule has 2 aromatic carbocycles. The molecule has 3 aromatic rings. The van der Waals surface area contributed by atoms with E-state index >= 15 is 0 Å². The Morgan fingerprint density at radius 3 is 2.71 bits per heavy atom. The number of aromatic amines is 1. The number of nitrogen functional groups attached to an aromatic ring is 1. The summed E-state index contributed by atoms with van der Waals surface area (Å²) in [7, 11) is 5.46. The molecule has 3 N–H and O–H groups in total. The zero-order chi connectivity index (χ0) is 17.3. The van der Waals surface area contributed by atoms with Crippen LogP contribution in [0.1, 0.15) is 15.9 Å². The fourth-order valence-electron chi connectivity index (χ4n) is 2.90. The molecule has 5 heteroatoms. The lowest BCUT2D eigenvalue weighted by Gasteiger charge is -2.10. The Hall–Kier alpha value is -2.79. The second-order valence-corrected chi connectivity index (χ2v) is 6.14. The monoisotopic (exact) mass is 323 g/mol. The quantitative estimate of drug-likeness (QED) is 0.571. The van der Waals surface area contributed by atoms with Gasteiger partial charge in [0.05, 0.1) is 12.7 Å². The van der Waals surface area contributed by atoms with E-state index < -0.39 is 0 Å². The molecule has 0 saturated carbocycles. The number of ether oxygens (including phenoxy) is 1. The van der Waals surface area contributed by atoms with Crippen molar-refractivity contribution in [2.24, 2.45) is 0 Å². The summed E-state index contributed by atoms with van der Waals surface area (Å²) in [5, 5.41) is 0.809. The summed E-state index contributed by atoms with van der Waals surface area (Å²) in [5.41, 5.74) is 11.0. The van der Waals surface area contributed by atoms with E-state index in [0.717, 1.165) is 28.7 Å². The molecule has 0 aliphatic carbocycles. The molecule has 0 unspecified atom stereocenters. The summed E-state index contributed by atoms with van der Waals surface area (Å²) in [6.45, 7) is 0.869. The van der Waals surface area contributed by atoms with Crippen molar-refractivity contribution in [3.05, 3.63) is 53.6 Å². The minimum absolute atomic E-state index is 0.390. The summed E-state index contributed by atoms with van der Waals surface area (Å²) in [6, 6.07) is 13.8. The topological polar surface area (TPSA) is 71.3 Å². The van der Waals surface area contributed by atoms with Crippen molar-refractivity contribution in [3.63, 3.8) is 0 Å². The number of methoxy groups -OCH3 is 1. The maximum atomic E-state index is 12.0. The molecule has 0 amide bonds. The Balaban J connectivity index is 2.10. The van der Waals surface area contributed by atoms with E-state index in [-0.39, 0.29) is 5.97 Å². The third kappa shape index (κ3) is 3.12. The van der Waals surface area contributed by atoms with Gasteiger partial charge in [0.15, 0.2) is 0 Å². The van der Waals surface area contributed by atoms with Gasteiger partial charge in [0.25, 0.3) is 0 Å². The number of hydrogen-bond donors (Lipinski definition) is 2. The van der Waals surface area contributed by atoms with E-state index in [9.17, 15) is 4.79 Å². The van der Waals surface area contributed by atoms with Gasteiger partial charge in [-0.15, -0.1) is 0 Å². The average molecular weight is 323 g/mol. The first-order valence-corrected chi connectivity index (χ1v) is 7.72. The van der Waals surface area contributed by atoms with E-state index in [1.165, 1.54) is 12.7 Å². The zero-order valence-electron chi connectivity index (χ0n) is 14.1. The van der Waals surface area contributed by atoms with Gasteiger partial charge in [-0.25, -0.2) is 4.79 Å². The number of H-pyrrole nitrogens is 1. The highest BCUT2D eigenvalue weighted by Gasteiger charge is 2.14. The highest BCUT2D eigenvalue weighted by Crippen LogP contribution is 2.29. The molecule has 0 bridgehead atoms. The molecular formula is C19H21N3O2. The highest BCUT2D eigenvalue weighted by atomic mass is 16.5. The lowest BCUT2D eigenvalue weighted by atomic mass is 10.1. The number of hydrogen-bond acceptors (Lipinski definition) is 4. The van der Waals surface area contributed by atoms with Crippen LogP contribution in [0.2, 0.25) is 0 Å². The molecule has 5 nitrogen and oxygen atoms in total. The molecule has 1 heterocycles. The van der Waals surface area contributed by atoms with Crippen LogP contribution in [0, 0.1) is 0 Å². The van der Waals surface area contributed by atoms with Gasteiger partial charge in [0, 0.05) is 28.8 Å². The smallest absolute Gasteiger partial charge is 0.338 e. The van der Waals surface area contributed by atoms with Crippen molar-refractivity contribution >= 4 is 22.6 Å². The Morgan fingerprint density at radius 2 is 2.00 bits per heavy atom. The largest absolute Gasteiger partial charge is 0.465 e. The van der Waals surface area contributed by atoms with Crippen LogP contribution in [0.25, 0.3) is 22.2 Å². The normalized spacial score (nSPS) is 11.2. The number of carbonyl (C=O) groups excluding carboxylic acids is 1. The summed E-state index contributed by atoms with van der Waals surface area (Å²) in [5.74, 6) is -0.390. The minimum Gasteiger partial charge on any atom is -0.465 e. The number of anilines is 1. The number of nitrogens with zero attached hydrogens (tertiary/aromatic N) is 1. The van der Waals surface area contributed by atoms with Crippen molar-refractivity contribution in [1.82, 2.24) is 9.88 Å². The third-order valence-corrected chi connectivity index (χ3v) is 3.90. The van der Waals surface area contributed by atoms with Crippen molar-refractivity contribution in [2.75, 3.05) is 26.9 Å². The van der Waals surface area contributed by atoms with E-state index in [2.05, 4.69) is 22.0 Å². The number of carbonyl (C=O) groups is 1. The molecule has 0 spiro atoms. The SMILES string of the molecule is COC(=O)c1cc(N)cc2[nH]c(-c3cccc(CN(C)C)c3)cc12. The predicted molar refractivity (Wildman–Crippen MR) is 96.9 cm³/mol. The molecule has 24 heavy (non-hydrogen) atoms. The second kappa shape index (κ2) is 6.37. The zero-order valence-corrected chi connectivity index (χ0v) is 14.1. The van der Waals surface area contributed by atoms with E-state index in [4.69, 9.17) is 10.5 Å². The Morgan fingerprint density at radius 1 is 1.21 bits per heavy atom. The maximum absolute atomic E-state index is 12.0. The van der Waals surface area contributed by atoms with Crippen molar-refractivity contribution < 1.29 is 9.53 Å². The summed E-state index contributed by atoms with van der Waals surface area (Å²) >= 11 is 0. The van der Waals surface area contributed by atoms with Crippen LogP contribution in [0.15, 0.2) is 42.5 Å². The lowest BCUT2D eigenvalue weighted by molar-refractivity contribution is 0.0603. The van der Waals surface area contributed by atoms with Gasteiger partial charge < -0.3 is 20.4 Å². The van der Waals surface area contributed by atoms with Crippen molar-refractivity contribution in [3.8, 4) is 11.3 Å². The average Bonchev–Trinajstić information content (AvgIpc) is 2.96. The predicted octanol–water partition coefficient (Wildman–Crippen LogP) is 3.27. The number of esters is 1. The molecule has 0 aliphatic rings. The van der Waals surface area contributed by atoms with Crippen LogP contribution in [0.4, 0.5) is 5.69 Å². The minimum atomic E-state index is -0.390. The van der Waals surface area contributed by atoms with Crippen LogP contribution in [-0.4, -0.2) is 37.1 Å². The first kappa shape index (κ1) is 16.1. The fraction of sp³-hybridized carbons (Fsp3) is 0.211. The first-order chi connectivity index (χ1) is 11.5. The van der Waals surface area contributed by atoms with Gasteiger partial charge in [-0.2, -0.15) is 0 Å². The second-order valence-electron chi connectivity index (χ2n) is 6.14. The van der Waals surface area contributed by atoms with E-state index in [1.807, 2.05) is 38.4 Å². The van der Waals surface area contributed by atoms with Crippen LogP contribution in [0.5, 0.6) is 0 Å².